The topological polar surface area (TPSA) is 0 Å². The van der Waals surface area contributed by atoms with Crippen LogP contribution in [0.15, 0.2) is 0 Å². The predicted molar refractivity (Wildman–Crippen MR) is 36.6 cm³/mol. The zero-order valence-electron chi connectivity index (χ0n) is 4.46. The Labute approximate surface area is 49.1 Å². The lowest BCUT2D eigenvalue weighted by Gasteiger charge is -2.07. The Hall–Kier alpha value is 0.697. The van der Waals surface area contributed by atoms with Gasteiger partial charge >= 0.3 is 0 Å². The fourth-order valence-electron chi connectivity index (χ4n) is 0. The van der Waals surface area contributed by atoms with Crippen molar-refractivity contribution in [1.29, 1.82) is 0 Å². The van der Waals surface area contributed by atoms with Crippen LogP contribution in [0.2, 0.25) is 19.6 Å². The minimum Gasteiger partial charge on any atom is -0.0916 e. The summed E-state index contributed by atoms with van der Waals surface area (Å²) in [4.78, 5) is 2.14. The van der Waals surface area contributed by atoms with Crippen molar-refractivity contribution in [2.24, 2.45) is 0 Å². The summed E-state index contributed by atoms with van der Waals surface area (Å²) in [6, 6.07) is 0. The molecule has 0 saturated carbocycles. The van der Waals surface area contributed by atoms with Crippen molar-refractivity contribution in [2.45, 2.75) is 19.6 Å². The summed E-state index contributed by atoms with van der Waals surface area (Å²) in [6.45, 7) is 6.84. The second-order valence-corrected chi connectivity index (χ2v) is 8.80. The maximum absolute atomic E-state index is 3.31. The summed E-state index contributed by atoms with van der Waals surface area (Å²) in [6.07, 6.45) is 0. The quantitative estimate of drug-likeness (QED) is 0.525. The van der Waals surface area contributed by atoms with E-state index >= 15 is 0 Å². The maximum Gasteiger partial charge on any atom is 0.0606 e. The molecule has 0 fully saturated rings. The van der Waals surface area contributed by atoms with Crippen LogP contribution in [0, 0.1) is 4.95 Å². The van der Waals surface area contributed by atoms with E-state index in [-0.39, 0.29) is 0 Å². The minimum absolute atomic E-state index is 0.840. The van der Waals surface area contributed by atoms with Gasteiger partial charge in [-0.3, -0.25) is 0 Å². The van der Waals surface area contributed by atoms with Crippen molar-refractivity contribution in [3.05, 3.63) is 4.95 Å². The smallest absolute Gasteiger partial charge is 0.0606 e. The highest BCUT2D eigenvalue weighted by Gasteiger charge is 2.08. The average molecular weight is 166 g/mol. The van der Waals surface area contributed by atoms with Crippen molar-refractivity contribution in [3.8, 4) is 0 Å². The summed E-state index contributed by atoms with van der Waals surface area (Å²) in [5.74, 6) is 0. The molecule has 0 saturated heterocycles. The zero-order chi connectivity index (χ0) is 5.21. The molecule has 0 aromatic carbocycles. The van der Waals surface area contributed by atoms with E-state index in [2.05, 4.69) is 40.5 Å². The Morgan fingerprint density at radius 3 is 1.50 bits per heavy atom. The third kappa shape index (κ3) is 4.70. The van der Waals surface area contributed by atoms with Crippen molar-refractivity contribution in [1.82, 2.24) is 0 Å². The number of hydrogen-bond donors (Lipinski definition) is 0. The molecule has 2 heteroatoms. The molecular formula is C4H10BrSi. The van der Waals surface area contributed by atoms with Crippen LogP contribution in [0.5, 0.6) is 0 Å². The predicted octanol–water partition coefficient (Wildman–Crippen LogP) is 2.42. The second kappa shape index (κ2) is 2.12. The standard InChI is InChI=1S/C4H10BrSi/c1-6(2,3)4-5/h4H,1-3H3. The molecule has 37 valence electrons. The summed E-state index contributed by atoms with van der Waals surface area (Å²) >= 11 is 3.31. The van der Waals surface area contributed by atoms with Gasteiger partial charge in [0.05, 0.1) is 8.07 Å². The van der Waals surface area contributed by atoms with E-state index in [1.54, 1.807) is 0 Å². The van der Waals surface area contributed by atoms with Crippen LogP contribution < -0.4 is 0 Å². The van der Waals surface area contributed by atoms with Gasteiger partial charge in [-0.25, -0.2) is 0 Å². The lowest BCUT2D eigenvalue weighted by Crippen LogP contribution is -2.16. The Morgan fingerprint density at radius 2 is 1.50 bits per heavy atom. The molecule has 0 unspecified atom stereocenters. The van der Waals surface area contributed by atoms with Gasteiger partial charge in [-0.05, 0) is 0 Å². The summed E-state index contributed by atoms with van der Waals surface area (Å²) in [5, 5.41) is 0. The summed E-state index contributed by atoms with van der Waals surface area (Å²) in [5.41, 5.74) is 0. The monoisotopic (exact) mass is 165 g/mol. The van der Waals surface area contributed by atoms with E-state index in [0.29, 0.717) is 0 Å². The number of halogens is 1. The van der Waals surface area contributed by atoms with Crippen LogP contribution in [0.3, 0.4) is 0 Å². The molecule has 0 N–H and O–H groups in total. The minimum atomic E-state index is -0.840. The number of rotatable bonds is 1. The molecule has 0 aromatic rings. The Morgan fingerprint density at radius 1 is 1.33 bits per heavy atom. The van der Waals surface area contributed by atoms with Crippen LogP contribution in [0.1, 0.15) is 0 Å². The third-order valence-corrected chi connectivity index (χ3v) is 5.10. The number of hydrogen-bond acceptors (Lipinski definition) is 0. The van der Waals surface area contributed by atoms with Crippen molar-refractivity contribution < 1.29 is 0 Å². The Kier molecular flexibility index (Phi) is 2.37. The van der Waals surface area contributed by atoms with E-state index in [1.807, 2.05) is 0 Å². The Bertz CT molecular complexity index is 37.3. The lowest BCUT2D eigenvalue weighted by atomic mass is 11.8. The fraction of sp³-hybridized carbons (Fsp3) is 0.750. The van der Waals surface area contributed by atoms with E-state index in [4.69, 9.17) is 0 Å². The molecule has 0 nitrogen and oxygen atoms in total. The largest absolute Gasteiger partial charge is 0.0916 e. The molecule has 1 radical (unpaired) electrons. The highest BCUT2D eigenvalue weighted by atomic mass is 79.9. The van der Waals surface area contributed by atoms with Crippen molar-refractivity contribution in [2.75, 3.05) is 0 Å². The maximum atomic E-state index is 3.31. The first-order valence-corrected chi connectivity index (χ1v) is 6.50. The SMILES string of the molecule is C[Si](C)(C)[CH]Br. The van der Waals surface area contributed by atoms with Gasteiger partial charge in [0.15, 0.2) is 0 Å². The highest BCUT2D eigenvalue weighted by molar-refractivity contribution is 9.11. The molecule has 0 aromatic heterocycles. The Balaban J connectivity index is 3.17. The normalized spacial score (nSPS) is 12.0. The first kappa shape index (κ1) is 6.70. The summed E-state index contributed by atoms with van der Waals surface area (Å²) in [7, 11) is -0.840. The third-order valence-electron chi connectivity index (χ3n) is 0.327. The molecule has 0 bridgehead atoms. The van der Waals surface area contributed by atoms with Gasteiger partial charge in [0.1, 0.15) is 0 Å². The zero-order valence-corrected chi connectivity index (χ0v) is 7.04. The van der Waals surface area contributed by atoms with Crippen LogP contribution in [0.4, 0.5) is 0 Å². The molecular weight excluding hydrogens is 156 g/mol. The van der Waals surface area contributed by atoms with Gasteiger partial charge in [0.2, 0.25) is 0 Å². The van der Waals surface area contributed by atoms with Crippen molar-refractivity contribution >= 4 is 24.0 Å². The molecule has 0 aliphatic rings. The van der Waals surface area contributed by atoms with E-state index < -0.39 is 8.07 Å². The van der Waals surface area contributed by atoms with Gasteiger partial charge in [-0.2, -0.15) is 0 Å². The molecule has 0 aliphatic carbocycles. The first-order chi connectivity index (χ1) is 2.56. The molecule has 6 heavy (non-hydrogen) atoms. The highest BCUT2D eigenvalue weighted by Crippen LogP contribution is 2.08. The molecule has 0 spiro atoms. The van der Waals surface area contributed by atoms with Gasteiger partial charge in [0.25, 0.3) is 0 Å². The first-order valence-electron chi connectivity index (χ1n) is 2.01. The van der Waals surface area contributed by atoms with Crippen LogP contribution >= 0.6 is 15.9 Å². The second-order valence-electron chi connectivity index (χ2n) is 2.48. The van der Waals surface area contributed by atoms with Crippen molar-refractivity contribution in [3.63, 3.8) is 0 Å². The van der Waals surface area contributed by atoms with Crippen LogP contribution in [-0.4, -0.2) is 8.07 Å². The molecule has 0 rings (SSSR count). The van der Waals surface area contributed by atoms with Crippen LogP contribution in [0.25, 0.3) is 0 Å². The molecule has 0 aliphatic heterocycles. The fourth-order valence-corrected chi connectivity index (χ4v) is 0. The molecule has 0 atom stereocenters. The molecule has 0 heterocycles. The van der Waals surface area contributed by atoms with Gasteiger partial charge < -0.3 is 0 Å². The van der Waals surface area contributed by atoms with Gasteiger partial charge in [0, 0.05) is 4.95 Å². The van der Waals surface area contributed by atoms with E-state index in [0.717, 1.165) is 0 Å². The van der Waals surface area contributed by atoms with Gasteiger partial charge in [-0.1, -0.05) is 35.6 Å². The van der Waals surface area contributed by atoms with Crippen LogP contribution in [-0.2, 0) is 0 Å². The van der Waals surface area contributed by atoms with Gasteiger partial charge in [-0.15, -0.1) is 0 Å². The van der Waals surface area contributed by atoms with E-state index in [9.17, 15) is 0 Å². The summed E-state index contributed by atoms with van der Waals surface area (Å²) < 4.78 is 0. The molecule has 0 amide bonds. The van der Waals surface area contributed by atoms with E-state index in [1.165, 1.54) is 0 Å². The average Bonchev–Trinajstić information content (AvgIpc) is 1.35. The lowest BCUT2D eigenvalue weighted by molar-refractivity contribution is 1.77.